The van der Waals surface area contributed by atoms with E-state index in [2.05, 4.69) is 0 Å². The Morgan fingerprint density at radius 2 is 1.82 bits per heavy atom. The molecule has 4 nitrogen and oxygen atoms in total. The summed E-state index contributed by atoms with van der Waals surface area (Å²) in [5, 5.41) is 0.202. The zero-order valence-corrected chi connectivity index (χ0v) is 13.3. The molecule has 0 heterocycles. The van der Waals surface area contributed by atoms with Gasteiger partial charge in [0, 0.05) is 0 Å². The number of allylic oxidation sites excluding steroid dienone is 1. The van der Waals surface area contributed by atoms with Gasteiger partial charge in [0.15, 0.2) is 0 Å². The van der Waals surface area contributed by atoms with Crippen LogP contribution in [0, 0.1) is 6.92 Å². The Labute approximate surface area is 134 Å². The maximum Gasteiger partial charge on any atom is 0.339 e. The lowest BCUT2D eigenvalue weighted by atomic mass is 10.2. The summed E-state index contributed by atoms with van der Waals surface area (Å²) in [6, 6.07) is 12.5. The Balaban J connectivity index is 2.30. The van der Waals surface area contributed by atoms with Gasteiger partial charge in [-0.15, -0.1) is 0 Å². The van der Waals surface area contributed by atoms with Crippen LogP contribution in [0.5, 0.6) is 5.75 Å². The third-order valence-electron chi connectivity index (χ3n) is 2.84. The minimum absolute atomic E-state index is 0.0676. The number of hydrogen-bond donors (Lipinski definition) is 0. The minimum atomic E-state index is -3.92. The third-order valence-corrected chi connectivity index (χ3v) is 4.45. The first-order chi connectivity index (χ1) is 10.4. The molecule has 0 N–H and O–H groups in total. The van der Waals surface area contributed by atoms with E-state index < -0.39 is 10.1 Å². The van der Waals surface area contributed by atoms with E-state index in [0.29, 0.717) is 11.8 Å². The molecule has 0 aliphatic rings. The van der Waals surface area contributed by atoms with Gasteiger partial charge in [-0.1, -0.05) is 41.4 Å². The lowest BCUT2D eigenvalue weighted by Crippen LogP contribution is -2.09. The second-order valence-electron chi connectivity index (χ2n) is 4.53. The van der Waals surface area contributed by atoms with Gasteiger partial charge in [0.1, 0.15) is 16.9 Å². The fourth-order valence-electron chi connectivity index (χ4n) is 1.73. The molecular formula is C16H13ClO4S. The fraction of sp³-hybridized carbons (Fsp3) is 0.0625. The van der Waals surface area contributed by atoms with E-state index in [1.807, 2.05) is 6.92 Å². The van der Waals surface area contributed by atoms with E-state index in [4.69, 9.17) is 15.8 Å². The predicted octanol–water partition coefficient (Wildman–Crippen LogP) is 3.54. The van der Waals surface area contributed by atoms with E-state index >= 15 is 0 Å². The smallest absolute Gasteiger partial charge is 0.339 e. The van der Waals surface area contributed by atoms with Crippen LogP contribution in [0.3, 0.4) is 0 Å². The molecule has 0 aliphatic carbocycles. The average Bonchev–Trinajstić information content (AvgIpc) is 2.48. The molecule has 0 radical (unpaired) electrons. The van der Waals surface area contributed by atoms with Crippen molar-refractivity contribution in [1.29, 1.82) is 0 Å². The molecule has 2 aromatic carbocycles. The van der Waals surface area contributed by atoms with E-state index in [1.165, 1.54) is 30.3 Å². The van der Waals surface area contributed by atoms with Gasteiger partial charge in [0.25, 0.3) is 0 Å². The second kappa shape index (κ2) is 6.77. The second-order valence-corrected chi connectivity index (χ2v) is 6.48. The van der Waals surface area contributed by atoms with Crippen molar-refractivity contribution < 1.29 is 17.4 Å². The number of benzene rings is 2. The van der Waals surface area contributed by atoms with Gasteiger partial charge in [0.05, 0.1) is 5.03 Å². The molecule has 0 aliphatic heterocycles. The van der Waals surface area contributed by atoms with Crippen molar-refractivity contribution in [2.45, 2.75) is 11.8 Å². The molecule has 0 spiro atoms. The first-order valence-electron chi connectivity index (χ1n) is 6.35. The lowest BCUT2D eigenvalue weighted by molar-refractivity contribution is -0.104. The molecule has 114 valence electrons. The number of hydrogen-bond acceptors (Lipinski definition) is 4. The van der Waals surface area contributed by atoms with Crippen molar-refractivity contribution in [3.8, 4) is 5.75 Å². The van der Waals surface area contributed by atoms with E-state index in [9.17, 15) is 13.2 Å². The summed E-state index contributed by atoms with van der Waals surface area (Å²) >= 11 is 5.91. The van der Waals surface area contributed by atoms with Gasteiger partial charge in [-0.2, -0.15) is 8.42 Å². The SMILES string of the molecule is Cc1ccc(S(=O)(=O)Oc2cccc(C(Cl)=CC=O)c2)cc1. The van der Waals surface area contributed by atoms with Crippen molar-refractivity contribution in [2.75, 3.05) is 0 Å². The van der Waals surface area contributed by atoms with Gasteiger partial charge in [-0.3, -0.25) is 4.79 Å². The Morgan fingerprint density at radius 1 is 1.14 bits per heavy atom. The highest BCUT2D eigenvalue weighted by molar-refractivity contribution is 7.87. The van der Waals surface area contributed by atoms with Crippen LogP contribution in [0.15, 0.2) is 59.5 Å². The van der Waals surface area contributed by atoms with Gasteiger partial charge >= 0.3 is 10.1 Å². The number of carbonyl (C=O) groups is 1. The van der Waals surface area contributed by atoms with Crippen LogP contribution in [-0.4, -0.2) is 14.7 Å². The van der Waals surface area contributed by atoms with Crippen LogP contribution in [0.25, 0.3) is 5.03 Å². The summed E-state index contributed by atoms with van der Waals surface area (Å²) in [6.07, 6.45) is 1.73. The lowest BCUT2D eigenvalue weighted by Gasteiger charge is -2.08. The largest absolute Gasteiger partial charge is 0.379 e. The van der Waals surface area contributed by atoms with Crippen LogP contribution < -0.4 is 4.18 Å². The summed E-state index contributed by atoms with van der Waals surface area (Å²) in [4.78, 5) is 10.5. The normalized spacial score (nSPS) is 12.0. The van der Waals surface area contributed by atoms with Crippen molar-refractivity contribution in [3.63, 3.8) is 0 Å². The molecule has 22 heavy (non-hydrogen) atoms. The number of aryl methyl sites for hydroxylation is 1. The monoisotopic (exact) mass is 336 g/mol. The van der Waals surface area contributed by atoms with Gasteiger partial charge in [0.2, 0.25) is 0 Å². The van der Waals surface area contributed by atoms with Gasteiger partial charge < -0.3 is 4.18 Å². The molecule has 6 heteroatoms. The van der Waals surface area contributed by atoms with Crippen LogP contribution in [0.1, 0.15) is 11.1 Å². The molecular weight excluding hydrogens is 324 g/mol. The average molecular weight is 337 g/mol. The van der Waals surface area contributed by atoms with Crippen molar-refractivity contribution in [2.24, 2.45) is 0 Å². The van der Waals surface area contributed by atoms with Crippen LogP contribution in [0.4, 0.5) is 0 Å². The highest BCUT2D eigenvalue weighted by Gasteiger charge is 2.16. The first kappa shape index (κ1) is 16.3. The molecule has 2 rings (SSSR count). The van der Waals surface area contributed by atoms with Crippen LogP contribution in [0.2, 0.25) is 0 Å². The quantitative estimate of drug-likeness (QED) is 0.476. The molecule has 0 saturated carbocycles. The Kier molecular flexibility index (Phi) is 5.00. The van der Waals surface area contributed by atoms with E-state index in [1.54, 1.807) is 24.3 Å². The predicted molar refractivity (Wildman–Crippen MR) is 85.3 cm³/mol. The summed E-state index contributed by atoms with van der Waals surface area (Å²) in [7, 11) is -3.92. The van der Waals surface area contributed by atoms with Crippen LogP contribution >= 0.6 is 11.6 Å². The van der Waals surface area contributed by atoms with Crippen LogP contribution in [-0.2, 0) is 14.9 Å². The zero-order valence-electron chi connectivity index (χ0n) is 11.7. The number of aldehydes is 1. The molecule has 0 bridgehead atoms. The molecule has 0 amide bonds. The molecule has 2 aromatic rings. The number of halogens is 1. The van der Waals surface area contributed by atoms with E-state index in [-0.39, 0.29) is 15.7 Å². The van der Waals surface area contributed by atoms with Crippen molar-refractivity contribution in [1.82, 2.24) is 0 Å². The minimum Gasteiger partial charge on any atom is -0.379 e. The highest BCUT2D eigenvalue weighted by atomic mass is 35.5. The fourth-order valence-corrected chi connectivity index (χ4v) is 2.82. The summed E-state index contributed by atoms with van der Waals surface area (Å²) in [5.41, 5.74) is 1.44. The zero-order chi connectivity index (χ0) is 16.2. The molecule has 0 atom stereocenters. The molecule has 0 saturated heterocycles. The number of rotatable bonds is 5. The molecule has 0 unspecified atom stereocenters. The topological polar surface area (TPSA) is 60.4 Å². The van der Waals surface area contributed by atoms with E-state index in [0.717, 1.165) is 5.56 Å². The van der Waals surface area contributed by atoms with Crippen molar-refractivity contribution in [3.05, 3.63) is 65.7 Å². The maximum atomic E-state index is 12.2. The maximum absolute atomic E-state index is 12.2. The standard InChI is InChI=1S/C16H13ClO4S/c1-12-5-7-15(8-6-12)22(19,20)21-14-4-2-3-13(11-14)16(17)9-10-18/h2-11H,1H3. The van der Waals surface area contributed by atoms with Gasteiger partial charge in [-0.05, 0) is 42.8 Å². The summed E-state index contributed by atoms with van der Waals surface area (Å²) in [5.74, 6) is 0.121. The molecule has 0 fully saturated rings. The molecule has 0 aromatic heterocycles. The Morgan fingerprint density at radius 3 is 2.45 bits per heavy atom. The van der Waals surface area contributed by atoms with Gasteiger partial charge in [-0.25, -0.2) is 0 Å². The first-order valence-corrected chi connectivity index (χ1v) is 8.13. The summed E-state index contributed by atoms with van der Waals surface area (Å²) < 4.78 is 29.5. The van der Waals surface area contributed by atoms with Crippen molar-refractivity contribution >= 4 is 33.0 Å². The third kappa shape index (κ3) is 3.96. The Bertz CT molecular complexity index is 808. The summed E-state index contributed by atoms with van der Waals surface area (Å²) in [6.45, 7) is 1.86. The number of carbonyl (C=O) groups excluding carboxylic acids is 1. The highest BCUT2D eigenvalue weighted by Crippen LogP contribution is 2.25. The Hall–Kier alpha value is -2.11.